The maximum absolute atomic E-state index is 13.2. The van der Waals surface area contributed by atoms with Crippen molar-refractivity contribution in [2.45, 2.75) is 31.8 Å². The van der Waals surface area contributed by atoms with Gasteiger partial charge in [0, 0.05) is 36.9 Å². The van der Waals surface area contributed by atoms with E-state index in [1.54, 1.807) is 23.0 Å². The first kappa shape index (κ1) is 20.7. The standard InChI is InChI=1S/C23H23ClN6O2/c1-14(27-20-5-9-25-19-6-10-26-30(19)20)18-13-15-3-2-4-17(24)21(15)22(29-18)23(31)28-16-7-11-32-12-8-16/h2-6,9-10,13-14,16,27H,7-8,11-12H2,1H3,(H,28,31)/t14-/m0/s1. The first-order valence-corrected chi connectivity index (χ1v) is 11.0. The van der Waals surface area contributed by atoms with Crippen LogP contribution in [-0.4, -0.2) is 44.7 Å². The third kappa shape index (κ3) is 3.99. The van der Waals surface area contributed by atoms with Crippen LogP contribution in [0.15, 0.2) is 48.8 Å². The van der Waals surface area contributed by atoms with Crippen LogP contribution in [0.1, 0.15) is 42.0 Å². The molecule has 0 unspecified atom stereocenters. The Hall–Kier alpha value is -3.23. The number of hydrogen-bond donors (Lipinski definition) is 2. The SMILES string of the molecule is C[C@H](Nc1ccnc2ccnn12)c1cc2cccc(Cl)c2c(C(=O)NC2CCOCC2)n1. The molecule has 1 aliphatic heterocycles. The third-order valence-corrected chi connectivity index (χ3v) is 6.01. The van der Waals surface area contributed by atoms with Crippen molar-refractivity contribution < 1.29 is 9.53 Å². The Balaban J connectivity index is 1.50. The number of nitrogens with zero attached hydrogens (tertiary/aromatic N) is 4. The number of carbonyl (C=O) groups is 1. The molecule has 1 fully saturated rings. The fourth-order valence-electron chi connectivity index (χ4n) is 4.01. The highest BCUT2D eigenvalue weighted by atomic mass is 35.5. The van der Waals surface area contributed by atoms with E-state index in [1.807, 2.05) is 37.3 Å². The van der Waals surface area contributed by atoms with Gasteiger partial charge in [-0.15, -0.1) is 0 Å². The molecule has 0 radical (unpaired) electrons. The minimum Gasteiger partial charge on any atom is -0.381 e. The van der Waals surface area contributed by atoms with Gasteiger partial charge in [-0.2, -0.15) is 9.61 Å². The average molecular weight is 451 g/mol. The summed E-state index contributed by atoms with van der Waals surface area (Å²) in [6.45, 7) is 3.29. The summed E-state index contributed by atoms with van der Waals surface area (Å²) in [5.74, 6) is 0.566. The van der Waals surface area contributed by atoms with Gasteiger partial charge in [0.1, 0.15) is 11.5 Å². The molecule has 9 heteroatoms. The lowest BCUT2D eigenvalue weighted by atomic mass is 10.0. The van der Waals surface area contributed by atoms with Gasteiger partial charge in [-0.3, -0.25) is 4.79 Å². The summed E-state index contributed by atoms with van der Waals surface area (Å²) < 4.78 is 7.13. The number of ether oxygens (including phenoxy) is 1. The zero-order valence-corrected chi connectivity index (χ0v) is 18.3. The van der Waals surface area contributed by atoms with Crippen LogP contribution in [0.4, 0.5) is 5.82 Å². The molecule has 1 amide bonds. The molecule has 1 aromatic carbocycles. The van der Waals surface area contributed by atoms with E-state index < -0.39 is 0 Å². The van der Waals surface area contributed by atoms with Gasteiger partial charge < -0.3 is 15.4 Å². The molecule has 3 aromatic heterocycles. The molecule has 1 atom stereocenters. The number of carbonyl (C=O) groups excluding carboxylic acids is 1. The van der Waals surface area contributed by atoms with Gasteiger partial charge in [-0.25, -0.2) is 9.97 Å². The maximum atomic E-state index is 13.2. The summed E-state index contributed by atoms with van der Waals surface area (Å²) in [5, 5.41) is 12.9. The molecule has 0 saturated carbocycles. The van der Waals surface area contributed by atoms with Gasteiger partial charge in [0.2, 0.25) is 0 Å². The van der Waals surface area contributed by atoms with Gasteiger partial charge in [-0.1, -0.05) is 23.7 Å². The molecule has 0 aliphatic carbocycles. The number of fused-ring (bicyclic) bond motifs is 2. The van der Waals surface area contributed by atoms with E-state index >= 15 is 0 Å². The van der Waals surface area contributed by atoms with E-state index in [0.717, 1.165) is 35.4 Å². The van der Waals surface area contributed by atoms with Gasteiger partial charge in [-0.05, 0) is 43.4 Å². The predicted octanol–water partition coefficient (Wildman–Crippen LogP) is 4.01. The quantitative estimate of drug-likeness (QED) is 0.477. The number of pyridine rings is 1. The number of anilines is 1. The number of hydrogen-bond acceptors (Lipinski definition) is 6. The molecule has 4 heterocycles. The molecule has 8 nitrogen and oxygen atoms in total. The number of amides is 1. The predicted molar refractivity (Wildman–Crippen MR) is 123 cm³/mol. The van der Waals surface area contributed by atoms with Crippen molar-refractivity contribution in [1.82, 2.24) is 24.9 Å². The summed E-state index contributed by atoms with van der Waals surface area (Å²) in [5.41, 5.74) is 1.81. The van der Waals surface area contributed by atoms with E-state index in [0.29, 0.717) is 29.3 Å². The highest BCUT2D eigenvalue weighted by molar-refractivity contribution is 6.36. The molecule has 32 heavy (non-hydrogen) atoms. The van der Waals surface area contributed by atoms with E-state index in [9.17, 15) is 4.79 Å². The molecule has 164 valence electrons. The molecule has 2 N–H and O–H groups in total. The van der Waals surface area contributed by atoms with Gasteiger partial charge >= 0.3 is 0 Å². The smallest absolute Gasteiger partial charge is 0.270 e. The van der Waals surface area contributed by atoms with Crippen molar-refractivity contribution in [1.29, 1.82) is 0 Å². The van der Waals surface area contributed by atoms with Crippen LogP contribution >= 0.6 is 11.6 Å². The summed E-state index contributed by atoms with van der Waals surface area (Å²) in [6, 6.07) is 11.1. The van der Waals surface area contributed by atoms with Crippen LogP contribution in [0, 0.1) is 0 Å². The van der Waals surface area contributed by atoms with Crippen molar-refractivity contribution in [3.8, 4) is 0 Å². The zero-order chi connectivity index (χ0) is 22.1. The summed E-state index contributed by atoms with van der Waals surface area (Å²) >= 11 is 6.49. The molecule has 0 bridgehead atoms. The van der Waals surface area contributed by atoms with E-state index in [1.165, 1.54) is 0 Å². The van der Waals surface area contributed by atoms with Crippen LogP contribution in [0.2, 0.25) is 5.02 Å². The number of nitrogens with one attached hydrogen (secondary N) is 2. The second-order valence-corrected chi connectivity index (χ2v) is 8.30. The highest BCUT2D eigenvalue weighted by Gasteiger charge is 2.22. The summed E-state index contributed by atoms with van der Waals surface area (Å²) in [4.78, 5) is 22.3. The van der Waals surface area contributed by atoms with Gasteiger partial charge in [0.15, 0.2) is 5.65 Å². The van der Waals surface area contributed by atoms with Crippen molar-refractivity contribution in [3.05, 3.63) is 65.2 Å². The molecule has 1 saturated heterocycles. The Morgan fingerprint density at radius 1 is 1.22 bits per heavy atom. The minimum atomic E-state index is -0.220. The molecule has 0 spiro atoms. The fourth-order valence-corrected chi connectivity index (χ4v) is 4.28. The van der Waals surface area contributed by atoms with Gasteiger partial charge in [0.25, 0.3) is 5.91 Å². The topological polar surface area (TPSA) is 93.4 Å². The van der Waals surface area contributed by atoms with E-state index in [4.69, 9.17) is 21.3 Å². The Bertz CT molecular complexity index is 1280. The summed E-state index contributed by atoms with van der Waals surface area (Å²) in [6.07, 6.45) is 5.01. The first-order valence-electron chi connectivity index (χ1n) is 10.6. The molecular weight excluding hydrogens is 428 g/mol. The zero-order valence-electron chi connectivity index (χ0n) is 17.6. The third-order valence-electron chi connectivity index (χ3n) is 5.70. The highest BCUT2D eigenvalue weighted by Crippen LogP contribution is 2.29. The fraction of sp³-hybridized carbons (Fsp3) is 0.304. The van der Waals surface area contributed by atoms with Crippen LogP contribution in [0.25, 0.3) is 16.4 Å². The minimum absolute atomic E-state index is 0.0692. The molecule has 5 rings (SSSR count). The van der Waals surface area contributed by atoms with E-state index in [2.05, 4.69) is 20.7 Å². The van der Waals surface area contributed by atoms with Crippen LogP contribution in [-0.2, 0) is 4.74 Å². The Kier molecular flexibility index (Phi) is 5.63. The largest absolute Gasteiger partial charge is 0.381 e. The molecule has 4 aromatic rings. The van der Waals surface area contributed by atoms with E-state index in [-0.39, 0.29) is 18.0 Å². The number of rotatable bonds is 5. The van der Waals surface area contributed by atoms with Crippen LogP contribution < -0.4 is 10.6 Å². The molecular formula is C23H23ClN6O2. The van der Waals surface area contributed by atoms with Crippen LogP contribution in [0.3, 0.4) is 0 Å². The van der Waals surface area contributed by atoms with Crippen molar-refractivity contribution in [2.75, 3.05) is 18.5 Å². The monoisotopic (exact) mass is 450 g/mol. The first-order chi connectivity index (χ1) is 15.6. The number of halogens is 1. The number of benzene rings is 1. The second-order valence-electron chi connectivity index (χ2n) is 7.89. The van der Waals surface area contributed by atoms with Crippen molar-refractivity contribution in [3.63, 3.8) is 0 Å². The normalized spacial score (nSPS) is 15.7. The Labute approximate surface area is 190 Å². The molecule has 1 aliphatic rings. The van der Waals surface area contributed by atoms with Gasteiger partial charge in [0.05, 0.1) is 23.0 Å². The van der Waals surface area contributed by atoms with Crippen molar-refractivity contribution >= 4 is 39.7 Å². The van der Waals surface area contributed by atoms with Crippen molar-refractivity contribution in [2.24, 2.45) is 0 Å². The lowest BCUT2D eigenvalue weighted by Crippen LogP contribution is -2.39. The number of aromatic nitrogens is 4. The maximum Gasteiger partial charge on any atom is 0.270 e. The average Bonchev–Trinajstić information content (AvgIpc) is 3.29. The Morgan fingerprint density at radius 3 is 2.91 bits per heavy atom. The summed E-state index contributed by atoms with van der Waals surface area (Å²) in [7, 11) is 0. The lowest BCUT2D eigenvalue weighted by Gasteiger charge is -2.23. The second kappa shape index (κ2) is 8.72. The lowest BCUT2D eigenvalue weighted by molar-refractivity contribution is 0.0695. The van der Waals surface area contributed by atoms with Crippen LogP contribution in [0.5, 0.6) is 0 Å². The Morgan fingerprint density at radius 2 is 2.06 bits per heavy atom.